The van der Waals surface area contributed by atoms with Gasteiger partial charge < -0.3 is 20.5 Å². The van der Waals surface area contributed by atoms with E-state index < -0.39 is 39.4 Å². The molecule has 2 heterocycles. The quantitative estimate of drug-likeness (QED) is 0.264. The highest BCUT2D eigenvalue weighted by Crippen LogP contribution is 2.36. The van der Waals surface area contributed by atoms with Crippen molar-refractivity contribution in [3.8, 4) is 5.75 Å². The van der Waals surface area contributed by atoms with Gasteiger partial charge >= 0.3 is 5.97 Å². The maximum atomic E-state index is 13.5. The highest BCUT2D eigenvalue weighted by atomic mass is 35.5. The number of amides is 2. The molecule has 3 aromatic rings. The molecular weight excluding hydrogens is 643 g/mol. The standard InChI is InChI=1S/C28H27Cl3N4O7S/c1-28(9-3-11-35(28)43(40,41)20-14-17(29)13-18(30)15-20)27(39)34-21(26(37)38)12-16-4-6-19(7-5-16)33-25(36)23-22(42-2)8-10-32-24(23)31/h4-8,10,13-15,21H,3,9,11-12H2,1-2H3,(H,33,36)(H,34,39)(H,37,38)/t21-,28-/m0/s1. The summed E-state index contributed by atoms with van der Waals surface area (Å²) < 4.78 is 33.2. The Kier molecular flexibility index (Phi) is 9.87. The van der Waals surface area contributed by atoms with Crippen LogP contribution in [0.4, 0.5) is 5.69 Å². The van der Waals surface area contributed by atoms with E-state index in [4.69, 9.17) is 39.5 Å². The van der Waals surface area contributed by atoms with Gasteiger partial charge in [0.25, 0.3) is 5.91 Å². The van der Waals surface area contributed by atoms with Gasteiger partial charge in [0.15, 0.2) is 0 Å². The number of carbonyl (C=O) groups excluding carboxylic acids is 2. The molecule has 1 aliphatic heterocycles. The smallest absolute Gasteiger partial charge is 0.326 e. The van der Waals surface area contributed by atoms with E-state index in [0.29, 0.717) is 17.7 Å². The number of ether oxygens (including phenoxy) is 1. The Bertz CT molecular complexity index is 1650. The lowest BCUT2D eigenvalue weighted by Gasteiger charge is -2.34. The normalized spacial score (nSPS) is 17.7. The van der Waals surface area contributed by atoms with Crippen molar-refractivity contribution in [2.24, 2.45) is 0 Å². The van der Waals surface area contributed by atoms with E-state index in [2.05, 4.69) is 15.6 Å². The van der Waals surface area contributed by atoms with E-state index >= 15 is 0 Å². The summed E-state index contributed by atoms with van der Waals surface area (Å²) in [6.07, 6.45) is 1.87. The number of aliphatic carboxylic acids is 1. The highest BCUT2D eigenvalue weighted by Gasteiger charge is 2.50. The molecule has 1 fully saturated rings. The molecule has 1 aliphatic rings. The fourth-order valence-electron chi connectivity index (χ4n) is 4.82. The molecule has 1 saturated heterocycles. The maximum absolute atomic E-state index is 13.5. The van der Waals surface area contributed by atoms with Gasteiger partial charge in [0.1, 0.15) is 28.0 Å². The number of methoxy groups -OCH3 is 1. The molecule has 11 nitrogen and oxygen atoms in total. The maximum Gasteiger partial charge on any atom is 0.326 e. The first-order valence-electron chi connectivity index (χ1n) is 12.9. The van der Waals surface area contributed by atoms with Gasteiger partial charge in [0.05, 0.1) is 12.0 Å². The fourth-order valence-corrected chi connectivity index (χ4v) is 7.59. The lowest BCUT2D eigenvalue weighted by molar-refractivity contribution is -0.143. The first-order chi connectivity index (χ1) is 20.3. The van der Waals surface area contributed by atoms with Crippen molar-refractivity contribution in [2.45, 2.75) is 42.7 Å². The molecule has 2 aromatic carbocycles. The Morgan fingerprint density at radius 1 is 1.09 bits per heavy atom. The zero-order chi connectivity index (χ0) is 31.5. The molecule has 0 bridgehead atoms. The van der Waals surface area contributed by atoms with E-state index in [9.17, 15) is 27.9 Å². The average Bonchev–Trinajstić information content (AvgIpc) is 3.36. The second-order valence-electron chi connectivity index (χ2n) is 9.96. The van der Waals surface area contributed by atoms with Crippen LogP contribution in [0.25, 0.3) is 0 Å². The zero-order valence-corrected chi connectivity index (χ0v) is 26.0. The van der Waals surface area contributed by atoms with Crippen LogP contribution in [0.5, 0.6) is 5.75 Å². The van der Waals surface area contributed by atoms with Crippen LogP contribution in [0, 0.1) is 0 Å². The van der Waals surface area contributed by atoms with Crippen molar-refractivity contribution in [1.29, 1.82) is 0 Å². The van der Waals surface area contributed by atoms with Crippen molar-refractivity contribution in [3.63, 3.8) is 0 Å². The Labute approximate surface area is 263 Å². The number of rotatable bonds is 10. The van der Waals surface area contributed by atoms with Gasteiger partial charge in [-0.15, -0.1) is 0 Å². The Hall–Kier alpha value is -3.42. The second kappa shape index (κ2) is 13.1. The van der Waals surface area contributed by atoms with Gasteiger partial charge in [0.2, 0.25) is 15.9 Å². The number of sulfonamides is 1. The number of pyridine rings is 1. The molecule has 0 radical (unpaired) electrons. The lowest BCUT2D eigenvalue weighted by Crippen LogP contribution is -2.58. The molecule has 15 heteroatoms. The van der Waals surface area contributed by atoms with Crippen molar-refractivity contribution in [3.05, 3.63) is 81.1 Å². The first kappa shape index (κ1) is 32.5. The van der Waals surface area contributed by atoms with Gasteiger partial charge in [-0.2, -0.15) is 4.31 Å². The SMILES string of the molecule is COc1ccnc(Cl)c1C(=O)Nc1ccc(C[C@H](NC(=O)[C@]2(C)CCCN2S(=O)(=O)c2cc(Cl)cc(Cl)c2)C(=O)O)cc1. The van der Waals surface area contributed by atoms with E-state index in [1.165, 1.54) is 44.5 Å². The van der Waals surface area contributed by atoms with Crippen molar-refractivity contribution in [2.75, 3.05) is 19.0 Å². The summed E-state index contributed by atoms with van der Waals surface area (Å²) >= 11 is 18.1. The summed E-state index contributed by atoms with van der Waals surface area (Å²) in [5.74, 6) is -2.36. The number of nitrogens with zero attached hydrogens (tertiary/aromatic N) is 2. The molecule has 43 heavy (non-hydrogen) atoms. The molecule has 0 aliphatic carbocycles. The average molecular weight is 670 g/mol. The van der Waals surface area contributed by atoms with Gasteiger partial charge in [-0.3, -0.25) is 9.59 Å². The highest BCUT2D eigenvalue weighted by molar-refractivity contribution is 7.89. The van der Waals surface area contributed by atoms with Gasteiger partial charge in [-0.1, -0.05) is 46.9 Å². The number of carboxylic acid groups (broad SMARTS) is 1. The van der Waals surface area contributed by atoms with E-state index in [1.54, 1.807) is 24.3 Å². The number of benzene rings is 2. The summed E-state index contributed by atoms with van der Waals surface area (Å²) in [6.45, 7) is 1.51. The minimum Gasteiger partial charge on any atom is -0.496 e. The fraction of sp³-hybridized carbons (Fsp3) is 0.286. The summed E-state index contributed by atoms with van der Waals surface area (Å²) in [7, 11) is -2.80. The molecule has 2 amide bonds. The predicted octanol–water partition coefficient (Wildman–Crippen LogP) is 4.66. The number of hydrogen-bond donors (Lipinski definition) is 3. The van der Waals surface area contributed by atoms with Crippen LogP contribution in [-0.2, 0) is 26.0 Å². The van der Waals surface area contributed by atoms with E-state index in [1.807, 2.05) is 0 Å². The van der Waals surface area contributed by atoms with Gasteiger partial charge in [-0.05, 0) is 61.7 Å². The summed E-state index contributed by atoms with van der Waals surface area (Å²) in [5.41, 5.74) is -0.562. The van der Waals surface area contributed by atoms with E-state index in [-0.39, 0.29) is 50.8 Å². The molecule has 1 aromatic heterocycles. The number of hydrogen-bond acceptors (Lipinski definition) is 7. The molecule has 3 N–H and O–H groups in total. The van der Waals surface area contributed by atoms with Gasteiger partial charge in [-0.25, -0.2) is 18.2 Å². The summed E-state index contributed by atoms with van der Waals surface area (Å²) in [5, 5.41) is 15.3. The summed E-state index contributed by atoms with van der Waals surface area (Å²) in [6, 6.07) is 10.3. The molecular formula is C28H27Cl3N4O7S. The van der Waals surface area contributed by atoms with Crippen molar-refractivity contribution in [1.82, 2.24) is 14.6 Å². The van der Waals surface area contributed by atoms with Crippen LogP contribution in [0.1, 0.15) is 35.7 Å². The Morgan fingerprint density at radius 2 is 1.74 bits per heavy atom. The third-order valence-electron chi connectivity index (χ3n) is 7.06. The van der Waals surface area contributed by atoms with Crippen molar-refractivity contribution >= 4 is 68.3 Å². The largest absolute Gasteiger partial charge is 0.496 e. The third-order valence-corrected chi connectivity index (χ3v) is 9.78. The number of carbonyl (C=O) groups is 3. The molecule has 0 unspecified atom stereocenters. The van der Waals surface area contributed by atoms with Crippen LogP contribution in [0.2, 0.25) is 15.2 Å². The van der Waals surface area contributed by atoms with Gasteiger partial charge in [0, 0.05) is 34.9 Å². The number of halogens is 3. The van der Waals surface area contributed by atoms with Crippen LogP contribution in [-0.4, -0.2) is 65.8 Å². The molecule has 2 atom stereocenters. The number of aromatic nitrogens is 1. The van der Waals surface area contributed by atoms with Crippen LogP contribution in [0.3, 0.4) is 0 Å². The minimum atomic E-state index is -4.19. The minimum absolute atomic E-state index is 0.0350. The number of anilines is 1. The Morgan fingerprint density at radius 3 is 2.35 bits per heavy atom. The molecule has 4 rings (SSSR count). The Balaban J connectivity index is 1.48. The number of carboxylic acids is 1. The monoisotopic (exact) mass is 668 g/mol. The lowest BCUT2D eigenvalue weighted by atomic mass is 9.97. The predicted molar refractivity (Wildman–Crippen MR) is 161 cm³/mol. The zero-order valence-electron chi connectivity index (χ0n) is 22.9. The third kappa shape index (κ3) is 7.05. The summed E-state index contributed by atoms with van der Waals surface area (Å²) in [4.78, 5) is 42.1. The van der Waals surface area contributed by atoms with E-state index in [0.717, 1.165) is 4.31 Å². The molecule has 0 saturated carbocycles. The first-order valence-corrected chi connectivity index (χ1v) is 15.4. The topological polar surface area (TPSA) is 155 Å². The second-order valence-corrected chi connectivity index (χ2v) is 13.1. The molecule has 228 valence electrons. The van der Waals surface area contributed by atoms with Crippen LogP contribution >= 0.6 is 34.8 Å². The van der Waals surface area contributed by atoms with Crippen LogP contribution in [0.15, 0.2) is 59.6 Å². The number of nitrogens with one attached hydrogen (secondary N) is 2. The molecule has 0 spiro atoms. The van der Waals surface area contributed by atoms with Crippen LogP contribution < -0.4 is 15.4 Å². The van der Waals surface area contributed by atoms with Crippen molar-refractivity contribution < 1.29 is 32.6 Å².